The Morgan fingerprint density at radius 2 is 1.82 bits per heavy atom. The Bertz CT molecular complexity index is 91.7. The minimum absolute atomic E-state index is 0.557. The molecule has 0 aromatic heterocycles. The van der Waals surface area contributed by atoms with Gasteiger partial charge < -0.3 is 10.6 Å². The zero-order valence-corrected chi connectivity index (χ0v) is 9.39. The van der Waals surface area contributed by atoms with Gasteiger partial charge in [0.25, 0.3) is 0 Å². The molecule has 0 heterocycles. The van der Waals surface area contributed by atoms with Crippen LogP contribution in [0, 0.1) is 0 Å². The average molecular weight is 194 g/mol. The molecule has 0 rings (SSSR count). The minimum Gasteiger partial charge on any atom is -0.385 e. The van der Waals surface area contributed by atoms with Gasteiger partial charge in [0, 0.05) is 0 Å². The zero-order valence-electron chi connectivity index (χ0n) is 7.76. The van der Waals surface area contributed by atoms with E-state index in [0.29, 0.717) is 4.32 Å². The van der Waals surface area contributed by atoms with Crippen molar-refractivity contribution >= 4 is 28.3 Å². The van der Waals surface area contributed by atoms with Gasteiger partial charge in [0.05, 0.1) is 0 Å². The molecule has 0 bridgehead atoms. The highest BCUT2D eigenvalue weighted by molar-refractivity contribution is 8.22. The first-order valence-electron chi connectivity index (χ1n) is 3.53. The van der Waals surface area contributed by atoms with Crippen LogP contribution in [0.25, 0.3) is 0 Å². The van der Waals surface area contributed by atoms with Crippen molar-refractivity contribution in [1.29, 1.82) is 0 Å². The molecule has 11 heavy (non-hydrogen) atoms. The van der Waals surface area contributed by atoms with Gasteiger partial charge in [-0.2, -0.15) is 0 Å². The van der Waals surface area contributed by atoms with Crippen molar-refractivity contribution < 1.29 is 0 Å². The second-order valence-electron chi connectivity index (χ2n) is 2.51. The molecule has 2 nitrogen and oxygen atoms in total. The van der Waals surface area contributed by atoms with E-state index in [4.69, 9.17) is 5.73 Å². The van der Waals surface area contributed by atoms with Crippen LogP contribution in [0.3, 0.4) is 0 Å². The van der Waals surface area contributed by atoms with Gasteiger partial charge in [-0.25, -0.2) is 0 Å². The summed E-state index contributed by atoms with van der Waals surface area (Å²) in [6.45, 7) is 2.10. The van der Waals surface area contributed by atoms with Crippen LogP contribution in [0.4, 0.5) is 0 Å². The summed E-state index contributed by atoms with van der Waals surface area (Å²) in [7, 11) is 6.00. The predicted molar refractivity (Wildman–Crippen MR) is 59.1 cm³/mol. The summed E-state index contributed by atoms with van der Waals surface area (Å²) >= 11 is 6.14. The number of rotatable bonds is 2. The number of nitrogens with zero attached hydrogens (tertiary/aromatic N) is 1. The Balaban J connectivity index is 0. The predicted octanol–water partition coefficient (Wildman–Crippen LogP) is 1.55. The third-order valence-corrected chi connectivity index (χ3v) is 1.70. The highest BCUT2D eigenvalue weighted by Crippen LogP contribution is 1.99. The molecule has 0 radical (unpaired) electrons. The number of nitrogens with two attached hydrogens (primary N) is 1. The molecule has 0 aromatic rings. The van der Waals surface area contributed by atoms with Crippen molar-refractivity contribution in [1.82, 2.24) is 4.90 Å². The second-order valence-corrected chi connectivity index (χ2v) is 4.34. The first kappa shape index (κ1) is 13.8. The molecule has 0 aliphatic rings. The molecule has 0 aromatic carbocycles. The Kier molecular flexibility index (Phi) is 12.8. The Labute approximate surface area is 79.5 Å². The maximum Gasteiger partial charge on any atom is 0.131 e. The van der Waals surface area contributed by atoms with Crippen LogP contribution < -0.4 is 5.73 Å². The van der Waals surface area contributed by atoms with Gasteiger partial charge in [-0.15, -0.1) is 0 Å². The summed E-state index contributed by atoms with van der Waals surface area (Å²) in [5.74, 6) is 1.05. The molecule has 0 atom stereocenters. The lowest BCUT2D eigenvalue weighted by molar-refractivity contribution is 0.505. The van der Waals surface area contributed by atoms with Crippen LogP contribution in [-0.4, -0.2) is 36.1 Å². The molecule has 4 heteroatoms. The summed E-state index contributed by atoms with van der Waals surface area (Å²) in [4.78, 5) is 2.00. The first-order valence-corrected chi connectivity index (χ1v) is 4.93. The van der Waals surface area contributed by atoms with Crippen LogP contribution in [0.1, 0.15) is 13.3 Å². The van der Waals surface area contributed by atoms with Crippen LogP contribution >= 0.6 is 24.0 Å². The number of hydrogen-bond acceptors (Lipinski definition) is 3. The van der Waals surface area contributed by atoms with Crippen molar-refractivity contribution in [2.75, 3.05) is 26.9 Å². The molecule has 0 saturated carbocycles. The average Bonchev–Trinajstić information content (AvgIpc) is 1.82. The van der Waals surface area contributed by atoms with Crippen molar-refractivity contribution in [3.63, 3.8) is 0 Å². The van der Waals surface area contributed by atoms with Gasteiger partial charge in [0.15, 0.2) is 0 Å². The molecule has 0 aliphatic heterocycles. The van der Waals surface area contributed by atoms with Gasteiger partial charge in [-0.3, -0.25) is 0 Å². The van der Waals surface area contributed by atoms with Crippen molar-refractivity contribution in [2.45, 2.75) is 13.3 Å². The van der Waals surface area contributed by atoms with Crippen molar-refractivity contribution in [3.05, 3.63) is 0 Å². The third kappa shape index (κ3) is 38.9. The molecule has 0 unspecified atom stereocenters. The van der Waals surface area contributed by atoms with Crippen LogP contribution in [0.2, 0.25) is 0 Å². The molecule has 0 amide bonds. The molecule has 0 aliphatic carbocycles. The first-order chi connectivity index (χ1) is 5.00. The van der Waals surface area contributed by atoms with Gasteiger partial charge in [-0.1, -0.05) is 30.9 Å². The Morgan fingerprint density at radius 1 is 1.45 bits per heavy atom. The fourth-order valence-corrected chi connectivity index (χ4v) is 0.858. The fraction of sp³-hybridized carbons (Fsp3) is 0.857. The topological polar surface area (TPSA) is 29.3 Å². The van der Waals surface area contributed by atoms with E-state index in [1.54, 1.807) is 11.8 Å². The lowest BCUT2D eigenvalue weighted by Crippen LogP contribution is -2.01. The Hall–Kier alpha value is 0.200. The largest absolute Gasteiger partial charge is 0.385 e. The molecule has 68 valence electrons. The smallest absolute Gasteiger partial charge is 0.131 e. The standard InChI is InChI=1S/C4H9NS2.C3H9N/c1-2-3-7-4(5)6;1-4(2)3/h2-3H2,1H3,(H2,5,6);1-3H3. The van der Waals surface area contributed by atoms with Gasteiger partial charge in [0.2, 0.25) is 0 Å². The third-order valence-electron chi connectivity index (χ3n) is 0.448. The molecular formula is C7H18N2S2. The number of hydrogen-bond donors (Lipinski definition) is 1. The van der Waals surface area contributed by atoms with Gasteiger partial charge in [0.1, 0.15) is 4.32 Å². The van der Waals surface area contributed by atoms with E-state index in [0.717, 1.165) is 12.2 Å². The van der Waals surface area contributed by atoms with E-state index in [-0.39, 0.29) is 0 Å². The minimum atomic E-state index is 0.557. The van der Waals surface area contributed by atoms with E-state index in [1.165, 1.54) is 0 Å². The second kappa shape index (κ2) is 10.2. The van der Waals surface area contributed by atoms with E-state index >= 15 is 0 Å². The Morgan fingerprint density at radius 3 is 1.91 bits per heavy atom. The van der Waals surface area contributed by atoms with Gasteiger partial charge >= 0.3 is 0 Å². The van der Waals surface area contributed by atoms with Crippen LogP contribution in [-0.2, 0) is 0 Å². The normalized spacial score (nSPS) is 8.82. The molecule has 0 spiro atoms. The summed E-state index contributed by atoms with van der Waals surface area (Å²) in [5.41, 5.74) is 5.17. The fourth-order valence-electron chi connectivity index (χ4n) is 0.203. The highest BCUT2D eigenvalue weighted by Gasteiger charge is 1.84. The summed E-state index contributed by atoms with van der Waals surface area (Å²) in [6, 6.07) is 0. The van der Waals surface area contributed by atoms with E-state index in [1.807, 2.05) is 26.0 Å². The van der Waals surface area contributed by atoms with Crippen molar-refractivity contribution in [3.8, 4) is 0 Å². The lowest BCUT2D eigenvalue weighted by atomic mass is 10.6. The van der Waals surface area contributed by atoms with Crippen molar-refractivity contribution in [2.24, 2.45) is 5.73 Å². The molecule has 0 saturated heterocycles. The van der Waals surface area contributed by atoms with E-state index < -0.39 is 0 Å². The number of thiocarbonyl (C=S) groups is 1. The summed E-state index contributed by atoms with van der Waals surface area (Å²) in [5, 5.41) is 0. The van der Waals surface area contributed by atoms with Crippen LogP contribution in [0.5, 0.6) is 0 Å². The summed E-state index contributed by atoms with van der Waals surface area (Å²) < 4.78 is 0.557. The maximum atomic E-state index is 5.17. The lowest BCUT2D eigenvalue weighted by Gasteiger charge is -1.90. The van der Waals surface area contributed by atoms with E-state index in [9.17, 15) is 0 Å². The van der Waals surface area contributed by atoms with E-state index in [2.05, 4.69) is 19.1 Å². The molecular weight excluding hydrogens is 176 g/mol. The SMILES string of the molecule is CCCSC(N)=S.CN(C)C. The molecule has 0 fully saturated rings. The van der Waals surface area contributed by atoms with Gasteiger partial charge in [-0.05, 0) is 33.3 Å². The van der Waals surface area contributed by atoms with Crippen LogP contribution in [0.15, 0.2) is 0 Å². The maximum absolute atomic E-state index is 5.17. The quantitative estimate of drug-likeness (QED) is 0.675. The summed E-state index contributed by atoms with van der Waals surface area (Å²) in [6.07, 6.45) is 1.14. The highest BCUT2D eigenvalue weighted by atomic mass is 32.2. The molecule has 2 N–H and O–H groups in total. The number of thioether (sulfide) groups is 1. The monoisotopic (exact) mass is 194 g/mol. The zero-order chi connectivity index (χ0) is 9.28.